The number of anilines is 1. The third kappa shape index (κ3) is 4.28. The highest BCUT2D eigenvalue weighted by molar-refractivity contribution is 7.98. The van der Waals surface area contributed by atoms with Crippen molar-refractivity contribution in [3.8, 4) is 5.75 Å². The van der Waals surface area contributed by atoms with Crippen LogP contribution in [0, 0.1) is 0 Å². The Kier molecular flexibility index (Phi) is 5.76. The molecule has 0 saturated heterocycles. The van der Waals surface area contributed by atoms with Crippen LogP contribution in [0.1, 0.15) is 0 Å². The fourth-order valence-corrected chi connectivity index (χ4v) is 3.14. The largest absolute Gasteiger partial charge is 0.504 e. The van der Waals surface area contributed by atoms with Gasteiger partial charge in [0.2, 0.25) is 10.3 Å². The van der Waals surface area contributed by atoms with E-state index in [9.17, 15) is 5.11 Å². The molecule has 0 aliphatic heterocycles. The Balaban J connectivity index is 1.96. The highest BCUT2D eigenvalue weighted by Crippen LogP contribution is 2.44. The van der Waals surface area contributed by atoms with Gasteiger partial charge in [0.05, 0.1) is 11.9 Å². The summed E-state index contributed by atoms with van der Waals surface area (Å²) >= 11 is 2.56. The molecule has 12 heteroatoms. The van der Waals surface area contributed by atoms with Crippen LogP contribution in [0.25, 0.3) is 0 Å². The Labute approximate surface area is 163 Å². The van der Waals surface area contributed by atoms with E-state index in [-0.39, 0.29) is 11.4 Å². The molecular weight excluding hydrogens is 386 g/mol. The van der Waals surface area contributed by atoms with Gasteiger partial charge in [0.1, 0.15) is 5.69 Å². The zero-order valence-corrected chi connectivity index (χ0v) is 16.7. The summed E-state index contributed by atoms with van der Waals surface area (Å²) in [5.41, 5.74) is 1.25. The van der Waals surface area contributed by atoms with E-state index in [2.05, 4.69) is 34.9 Å². The van der Waals surface area contributed by atoms with Crippen molar-refractivity contribution in [2.24, 2.45) is 27.5 Å². The average Bonchev–Trinajstić information content (AvgIpc) is 3.28. The van der Waals surface area contributed by atoms with E-state index in [0.717, 1.165) is 11.5 Å². The van der Waals surface area contributed by atoms with Gasteiger partial charge in [0, 0.05) is 38.7 Å². The number of rotatable bonds is 6. The third-order valence-corrected chi connectivity index (χ3v) is 4.72. The topological polar surface area (TPSA) is 117 Å². The summed E-state index contributed by atoms with van der Waals surface area (Å²) in [6, 6.07) is 5.17. The Morgan fingerprint density at radius 2 is 1.96 bits per heavy atom. The van der Waals surface area contributed by atoms with Crippen molar-refractivity contribution in [1.82, 2.24) is 19.1 Å². The molecule has 3 aromatic rings. The predicted molar refractivity (Wildman–Crippen MR) is 106 cm³/mol. The lowest BCUT2D eigenvalue weighted by molar-refractivity contribution is 0.477. The van der Waals surface area contributed by atoms with Crippen LogP contribution in [-0.4, -0.2) is 44.6 Å². The number of azo groups is 2. The van der Waals surface area contributed by atoms with Gasteiger partial charge in [-0.1, -0.05) is 11.8 Å². The van der Waals surface area contributed by atoms with E-state index < -0.39 is 0 Å². The average molecular weight is 403 g/mol. The van der Waals surface area contributed by atoms with Crippen LogP contribution < -0.4 is 4.90 Å². The fourth-order valence-electron chi connectivity index (χ4n) is 2.09. The minimum absolute atomic E-state index is 0.120. The van der Waals surface area contributed by atoms with Gasteiger partial charge in [0.15, 0.2) is 17.3 Å². The molecule has 0 amide bonds. The van der Waals surface area contributed by atoms with Crippen LogP contribution in [0.5, 0.6) is 5.75 Å². The van der Waals surface area contributed by atoms with Crippen LogP contribution >= 0.6 is 23.3 Å². The van der Waals surface area contributed by atoms with Crippen molar-refractivity contribution in [2.75, 3.05) is 25.3 Å². The van der Waals surface area contributed by atoms with Gasteiger partial charge in [-0.25, -0.2) is 4.68 Å². The van der Waals surface area contributed by atoms with E-state index in [1.165, 1.54) is 11.8 Å². The molecule has 140 valence electrons. The molecule has 2 aromatic heterocycles. The second-order valence-corrected chi connectivity index (χ2v) is 6.98. The number of hydrogen-bond acceptors (Lipinski definition) is 11. The van der Waals surface area contributed by atoms with Gasteiger partial charge < -0.3 is 10.0 Å². The molecule has 1 aromatic carbocycles. The summed E-state index contributed by atoms with van der Waals surface area (Å²) < 4.78 is 5.70. The minimum Gasteiger partial charge on any atom is -0.504 e. The van der Waals surface area contributed by atoms with Gasteiger partial charge in [-0.3, -0.25) is 0 Å². The Hall–Kier alpha value is -2.86. The molecular formula is C15H17N9OS2. The molecule has 3 rings (SSSR count). The molecule has 1 N–H and O–H groups in total. The summed E-state index contributed by atoms with van der Waals surface area (Å²) in [7, 11) is 5.46. The summed E-state index contributed by atoms with van der Waals surface area (Å²) in [5.74, 6) is 0.440. The molecule has 0 unspecified atom stereocenters. The molecule has 27 heavy (non-hydrogen) atoms. The van der Waals surface area contributed by atoms with Crippen LogP contribution in [0.15, 0.2) is 50.0 Å². The van der Waals surface area contributed by atoms with Crippen LogP contribution in [-0.2, 0) is 7.05 Å². The van der Waals surface area contributed by atoms with E-state index >= 15 is 0 Å². The highest BCUT2D eigenvalue weighted by atomic mass is 32.2. The lowest BCUT2D eigenvalue weighted by atomic mass is 10.2. The standard InChI is InChI=1S/C15H17N9OS2/c1-23(2)10-6-5-9(18-21-14-17-15(26-4)22-27-14)13(25)12(10)20-19-11-7-8-16-24(11)3/h5-8,25H,1-4H3. The van der Waals surface area contributed by atoms with Gasteiger partial charge >= 0.3 is 0 Å². The van der Waals surface area contributed by atoms with E-state index in [1.807, 2.05) is 25.3 Å². The van der Waals surface area contributed by atoms with Gasteiger partial charge in [-0.15, -0.1) is 20.5 Å². The number of benzene rings is 1. The van der Waals surface area contributed by atoms with Crippen molar-refractivity contribution in [2.45, 2.75) is 5.16 Å². The molecule has 0 radical (unpaired) electrons. The monoisotopic (exact) mass is 403 g/mol. The van der Waals surface area contributed by atoms with Crippen molar-refractivity contribution in [3.63, 3.8) is 0 Å². The number of aromatic hydroxyl groups is 1. The number of nitrogens with zero attached hydrogens (tertiary/aromatic N) is 9. The second-order valence-electron chi connectivity index (χ2n) is 5.47. The number of aryl methyl sites for hydroxylation is 1. The van der Waals surface area contributed by atoms with E-state index in [4.69, 9.17) is 0 Å². The number of hydrogen-bond donors (Lipinski definition) is 1. The summed E-state index contributed by atoms with van der Waals surface area (Å²) in [6.45, 7) is 0. The maximum absolute atomic E-state index is 10.7. The number of aromatic nitrogens is 4. The first-order valence-electron chi connectivity index (χ1n) is 7.72. The van der Waals surface area contributed by atoms with Crippen LogP contribution in [0.4, 0.5) is 28.0 Å². The maximum Gasteiger partial charge on any atom is 0.250 e. The zero-order chi connectivity index (χ0) is 19.4. The van der Waals surface area contributed by atoms with Crippen molar-refractivity contribution in [3.05, 3.63) is 24.4 Å². The highest BCUT2D eigenvalue weighted by Gasteiger charge is 2.15. The summed E-state index contributed by atoms with van der Waals surface area (Å²) in [4.78, 5) is 6.02. The lowest BCUT2D eigenvalue weighted by Crippen LogP contribution is -2.08. The molecule has 0 saturated carbocycles. The Morgan fingerprint density at radius 3 is 2.59 bits per heavy atom. The van der Waals surface area contributed by atoms with Crippen molar-refractivity contribution >= 4 is 51.3 Å². The van der Waals surface area contributed by atoms with E-state index in [0.29, 0.717) is 27.5 Å². The zero-order valence-electron chi connectivity index (χ0n) is 15.1. The number of phenols is 1. The molecule has 0 atom stereocenters. The predicted octanol–water partition coefficient (Wildman–Crippen LogP) is 4.60. The van der Waals surface area contributed by atoms with E-state index in [1.54, 1.807) is 36.1 Å². The molecule has 0 bridgehead atoms. The Bertz CT molecular complexity index is 993. The molecule has 0 spiro atoms. The molecule has 0 aliphatic rings. The van der Waals surface area contributed by atoms with Gasteiger partial charge in [-0.05, 0) is 18.4 Å². The molecule has 10 nitrogen and oxygen atoms in total. The SMILES string of the molecule is CSc1nsc(N=Nc2ccc(N(C)C)c(N=Nc3ccnn3C)c2O)n1. The fraction of sp³-hybridized carbons (Fsp3) is 0.267. The quantitative estimate of drug-likeness (QED) is 0.475. The minimum atomic E-state index is -0.120. The molecule has 0 fully saturated rings. The van der Waals surface area contributed by atoms with Gasteiger partial charge in [-0.2, -0.15) is 14.5 Å². The smallest absolute Gasteiger partial charge is 0.250 e. The van der Waals surface area contributed by atoms with Crippen molar-refractivity contribution < 1.29 is 5.11 Å². The number of phenolic OH excluding ortho intramolecular Hbond substituents is 1. The maximum atomic E-state index is 10.7. The van der Waals surface area contributed by atoms with Crippen molar-refractivity contribution in [1.29, 1.82) is 0 Å². The first kappa shape index (κ1) is 18.9. The molecule has 0 aliphatic carbocycles. The van der Waals surface area contributed by atoms with Crippen LogP contribution in [0.3, 0.4) is 0 Å². The summed E-state index contributed by atoms with van der Waals surface area (Å²) in [5, 5.41) is 32.2. The first-order valence-corrected chi connectivity index (χ1v) is 9.72. The second kappa shape index (κ2) is 8.22. The summed E-state index contributed by atoms with van der Waals surface area (Å²) in [6.07, 6.45) is 3.50. The first-order chi connectivity index (χ1) is 13.0. The molecule has 2 heterocycles. The third-order valence-electron chi connectivity index (χ3n) is 3.46. The van der Waals surface area contributed by atoms with Gasteiger partial charge in [0.25, 0.3) is 0 Å². The normalized spacial score (nSPS) is 11.7. The lowest BCUT2D eigenvalue weighted by Gasteiger charge is -2.16. The Morgan fingerprint density at radius 1 is 1.15 bits per heavy atom. The number of thioether (sulfide) groups is 1. The van der Waals surface area contributed by atoms with Crippen LogP contribution in [0.2, 0.25) is 0 Å².